The van der Waals surface area contributed by atoms with Crippen LogP contribution in [-0.2, 0) is 6.61 Å². The van der Waals surface area contributed by atoms with Crippen molar-refractivity contribution in [2.24, 2.45) is 5.92 Å². The summed E-state index contributed by atoms with van der Waals surface area (Å²) in [6.07, 6.45) is 7.75. The fourth-order valence-corrected chi connectivity index (χ4v) is 4.23. The smallest absolute Gasteiger partial charge is 0.167 e. The molecule has 2 aromatic rings. The van der Waals surface area contributed by atoms with Gasteiger partial charge in [0.15, 0.2) is 5.78 Å². The van der Waals surface area contributed by atoms with E-state index >= 15 is 0 Å². The summed E-state index contributed by atoms with van der Waals surface area (Å²) in [6.45, 7) is 0.485. The number of Topliss-reactive ketones (excluding diaryl/α,β-unsaturated/α-hetero) is 1. The molecule has 2 bridgehead atoms. The van der Waals surface area contributed by atoms with Crippen molar-refractivity contribution in [2.75, 3.05) is 7.05 Å². The van der Waals surface area contributed by atoms with Gasteiger partial charge in [0, 0.05) is 29.8 Å². The van der Waals surface area contributed by atoms with Crippen LogP contribution in [0.15, 0.2) is 48.8 Å². The fraction of sp³-hybridized carbons (Fsp3) is 0.429. The average Bonchev–Trinajstić information content (AvgIpc) is 2.87. The second kappa shape index (κ2) is 6.96. The highest BCUT2D eigenvalue weighted by molar-refractivity contribution is 5.98. The molecular formula is C21H24N2O2. The zero-order chi connectivity index (χ0) is 17.2. The number of piperidine rings is 1. The van der Waals surface area contributed by atoms with E-state index in [9.17, 15) is 4.79 Å². The summed E-state index contributed by atoms with van der Waals surface area (Å²) in [4.78, 5) is 19.6. The highest BCUT2D eigenvalue weighted by atomic mass is 16.5. The van der Waals surface area contributed by atoms with Crippen LogP contribution in [-0.4, -0.2) is 34.8 Å². The Hall–Kier alpha value is -2.20. The number of hydrogen-bond acceptors (Lipinski definition) is 4. The maximum Gasteiger partial charge on any atom is 0.167 e. The van der Waals surface area contributed by atoms with E-state index in [1.807, 2.05) is 36.4 Å². The van der Waals surface area contributed by atoms with Crippen LogP contribution in [0, 0.1) is 5.92 Å². The highest BCUT2D eigenvalue weighted by Gasteiger charge is 2.41. The first kappa shape index (κ1) is 16.3. The molecule has 0 aliphatic carbocycles. The Morgan fingerprint density at radius 1 is 1.16 bits per heavy atom. The summed E-state index contributed by atoms with van der Waals surface area (Å²) in [6, 6.07) is 13.0. The number of ketones is 1. The van der Waals surface area contributed by atoms with E-state index in [4.69, 9.17) is 4.74 Å². The average molecular weight is 336 g/mol. The topological polar surface area (TPSA) is 42.4 Å². The van der Waals surface area contributed by atoms with Crippen molar-refractivity contribution in [3.05, 3.63) is 59.9 Å². The summed E-state index contributed by atoms with van der Waals surface area (Å²) < 4.78 is 5.82. The fourth-order valence-electron chi connectivity index (χ4n) is 4.23. The standard InChI is InChI=1S/C21H24N2O2/c1-23-18-7-8-19(23)10-16(9-18)21(24)17-11-20(13-22-12-17)25-14-15-5-3-2-4-6-15/h2-6,11-13,16,18-19H,7-10,14H2,1H3. The maximum atomic E-state index is 12.9. The molecule has 2 aliphatic heterocycles. The summed E-state index contributed by atoms with van der Waals surface area (Å²) >= 11 is 0. The molecule has 3 heterocycles. The number of rotatable bonds is 5. The molecule has 25 heavy (non-hydrogen) atoms. The largest absolute Gasteiger partial charge is 0.487 e. The number of benzene rings is 1. The van der Waals surface area contributed by atoms with Crippen LogP contribution in [0.2, 0.25) is 0 Å². The van der Waals surface area contributed by atoms with Crippen molar-refractivity contribution in [3.8, 4) is 5.75 Å². The molecule has 0 N–H and O–H groups in total. The lowest BCUT2D eigenvalue weighted by Crippen LogP contribution is -2.42. The van der Waals surface area contributed by atoms with Crippen molar-refractivity contribution >= 4 is 5.78 Å². The first-order valence-electron chi connectivity index (χ1n) is 9.08. The first-order chi connectivity index (χ1) is 12.2. The van der Waals surface area contributed by atoms with Gasteiger partial charge >= 0.3 is 0 Å². The third kappa shape index (κ3) is 3.45. The monoisotopic (exact) mass is 336 g/mol. The van der Waals surface area contributed by atoms with Crippen molar-refractivity contribution in [3.63, 3.8) is 0 Å². The summed E-state index contributed by atoms with van der Waals surface area (Å²) in [7, 11) is 2.20. The lowest BCUT2D eigenvalue weighted by molar-refractivity contribution is 0.0766. The number of nitrogens with zero attached hydrogens (tertiary/aromatic N) is 2. The predicted molar refractivity (Wildman–Crippen MR) is 96.6 cm³/mol. The van der Waals surface area contributed by atoms with Gasteiger partial charge in [-0.15, -0.1) is 0 Å². The molecule has 0 radical (unpaired) electrons. The molecule has 0 saturated carbocycles. The number of carbonyl (C=O) groups is 1. The van der Waals surface area contributed by atoms with E-state index in [1.165, 1.54) is 12.8 Å². The Bertz CT molecular complexity index is 733. The van der Waals surface area contributed by atoms with Gasteiger partial charge in [-0.1, -0.05) is 30.3 Å². The second-order valence-electron chi connectivity index (χ2n) is 7.27. The summed E-state index contributed by atoms with van der Waals surface area (Å²) in [5.74, 6) is 1.01. The second-order valence-corrected chi connectivity index (χ2v) is 7.27. The predicted octanol–water partition coefficient (Wildman–Crippen LogP) is 3.72. The van der Waals surface area contributed by atoms with Crippen molar-refractivity contribution in [1.82, 2.24) is 9.88 Å². The lowest BCUT2D eigenvalue weighted by atomic mass is 9.85. The number of hydrogen-bond donors (Lipinski definition) is 0. The molecule has 1 aromatic carbocycles. The first-order valence-corrected chi connectivity index (χ1v) is 9.08. The van der Waals surface area contributed by atoms with E-state index in [0.717, 1.165) is 18.4 Å². The van der Waals surface area contributed by atoms with Gasteiger partial charge in [0.25, 0.3) is 0 Å². The molecule has 2 unspecified atom stereocenters. The molecule has 2 saturated heterocycles. The molecule has 4 heteroatoms. The molecule has 2 aliphatic rings. The van der Waals surface area contributed by atoms with Gasteiger partial charge < -0.3 is 9.64 Å². The molecule has 0 amide bonds. The summed E-state index contributed by atoms with van der Waals surface area (Å²) in [5.41, 5.74) is 1.78. The van der Waals surface area contributed by atoms with Crippen molar-refractivity contribution < 1.29 is 9.53 Å². The minimum atomic E-state index is 0.125. The van der Waals surface area contributed by atoms with Gasteiger partial charge in [0.2, 0.25) is 0 Å². The number of ether oxygens (including phenoxy) is 1. The van der Waals surface area contributed by atoms with Crippen LogP contribution >= 0.6 is 0 Å². The van der Waals surface area contributed by atoms with E-state index in [2.05, 4.69) is 16.9 Å². The molecule has 130 valence electrons. The quantitative estimate of drug-likeness (QED) is 0.781. The van der Waals surface area contributed by atoms with E-state index in [0.29, 0.717) is 30.0 Å². The van der Waals surface area contributed by atoms with Gasteiger partial charge in [-0.2, -0.15) is 0 Å². The van der Waals surface area contributed by atoms with E-state index in [1.54, 1.807) is 12.4 Å². The van der Waals surface area contributed by atoms with E-state index < -0.39 is 0 Å². The SMILES string of the molecule is CN1C2CCC1CC(C(=O)c1cncc(OCc3ccccc3)c1)C2. The molecule has 1 aromatic heterocycles. The number of carbonyl (C=O) groups excluding carboxylic acids is 1. The van der Waals surface area contributed by atoms with Gasteiger partial charge in [-0.3, -0.25) is 9.78 Å². The zero-order valence-electron chi connectivity index (χ0n) is 14.6. The van der Waals surface area contributed by atoms with Crippen LogP contribution < -0.4 is 4.74 Å². The van der Waals surface area contributed by atoms with Crippen molar-refractivity contribution in [1.29, 1.82) is 0 Å². The Morgan fingerprint density at radius 2 is 1.88 bits per heavy atom. The molecular weight excluding hydrogens is 312 g/mol. The molecule has 2 atom stereocenters. The molecule has 4 rings (SSSR count). The maximum absolute atomic E-state index is 12.9. The van der Waals surface area contributed by atoms with Gasteiger partial charge in [0.1, 0.15) is 12.4 Å². The minimum absolute atomic E-state index is 0.125. The summed E-state index contributed by atoms with van der Waals surface area (Å²) in [5, 5.41) is 0. The number of pyridine rings is 1. The van der Waals surface area contributed by atoms with Crippen LogP contribution in [0.1, 0.15) is 41.6 Å². The third-order valence-electron chi connectivity index (χ3n) is 5.72. The molecule has 0 spiro atoms. The minimum Gasteiger partial charge on any atom is -0.487 e. The highest BCUT2D eigenvalue weighted by Crippen LogP contribution is 2.38. The van der Waals surface area contributed by atoms with Crippen LogP contribution in [0.4, 0.5) is 0 Å². The van der Waals surface area contributed by atoms with Crippen LogP contribution in [0.5, 0.6) is 5.75 Å². The normalized spacial score (nSPS) is 25.7. The van der Waals surface area contributed by atoms with Gasteiger partial charge in [-0.25, -0.2) is 0 Å². The number of aromatic nitrogens is 1. The van der Waals surface area contributed by atoms with Gasteiger partial charge in [0.05, 0.1) is 6.20 Å². The van der Waals surface area contributed by atoms with E-state index in [-0.39, 0.29) is 11.7 Å². The van der Waals surface area contributed by atoms with Gasteiger partial charge in [-0.05, 0) is 44.4 Å². The Labute approximate surface area is 148 Å². The van der Waals surface area contributed by atoms with Crippen LogP contribution in [0.25, 0.3) is 0 Å². The third-order valence-corrected chi connectivity index (χ3v) is 5.72. The zero-order valence-corrected chi connectivity index (χ0v) is 14.6. The Morgan fingerprint density at radius 3 is 2.60 bits per heavy atom. The van der Waals surface area contributed by atoms with Crippen LogP contribution in [0.3, 0.4) is 0 Å². The van der Waals surface area contributed by atoms with Crippen molar-refractivity contribution in [2.45, 2.75) is 44.4 Å². The molecule has 2 fully saturated rings. The lowest BCUT2D eigenvalue weighted by Gasteiger charge is -2.35. The molecule has 4 nitrogen and oxygen atoms in total. The Balaban J connectivity index is 1.43. The number of fused-ring (bicyclic) bond motifs is 2. The Kier molecular flexibility index (Phi) is 4.53.